The summed E-state index contributed by atoms with van der Waals surface area (Å²) in [5, 5.41) is 7.75. The predicted molar refractivity (Wildman–Crippen MR) is 85.6 cm³/mol. The molecule has 4 rings (SSSR count). The van der Waals surface area contributed by atoms with Crippen molar-refractivity contribution >= 4 is 11.8 Å². The molecule has 2 aliphatic rings. The van der Waals surface area contributed by atoms with Crippen LogP contribution in [0.4, 0.5) is 11.8 Å². The van der Waals surface area contributed by atoms with Crippen LogP contribution in [0.15, 0.2) is 18.5 Å². The molecule has 2 aromatic heterocycles. The van der Waals surface area contributed by atoms with Crippen LogP contribution in [0.1, 0.15) is 25.3 Å². The summed E-state index contributed by atoms with van der Waals surface area (Å²) in [6.45, 7) is 1.94. The van der Waals surface area contributed by atoms with E-state index in [9.17, 15) is 0 Å². The van der Waals surface area contributed by atoms with Crippen LogP contribution in [0.2, 0.25) is 0 Å². The zero-order valence-electron chi connectivity index (χ0n) is 12.7. The molecule has 0 bridgehead atoms. The van der Waals surface area contributed by atoms with Gasteiger partial charge in [0.1, 0.15) is 5.82 Å². The lowest BCUT2D eigenvalue weighted by atomic mass is 10.2. The van der Waals surface area contributed by atoms with Gasteiger partial charge in [-0.1, -0.05) is 0 Å². The first-order valence-electron chi connectivity index (χ1n) is 7.84. The molecule has 0 spiro atoms. The summed E-state index contributed by atoms with van der Waals surface area (Å²) in [5.74, 6) is 1.22. The molecule has 2 fully saturated rings. The number of aromatic nitrogens is 4. The van der Waals surface area contributed by atoms with Crippen LogP contribution in [-0.4, -0.2) is 45.9 Å². The van der Waals surface area contributed by atoms with Crippen molar-refractivity contribution in [2.75, 3.05) is 30.8 Å². The normalized spacial score (nSPS) is 21.5. The van der Waals surface area contributed by atoms with E-state index >= 15 is 0 Å². The van der Waals surface area contributed by atoms with Crippen molar-refractivity contribution in [1.82, 2.24) is 25.1 Å². The second kappa shape index (κ2) is 5.24. The summed E-state index contributed by atoms with van der Waals surface area (Å²) in [6.07, 6.45) is 7.48. The van der Waals surface area contributed by atoms with E-state index in [-0.39, 0.29) is 0 Å². The molecular formula is C15H21N7. The summed E-state index contributed by atoms with van der Waals surface area (Å²) in [6, 6.07) is 3.10. The molecule has 1 saturated carbocycles. The molecule has 3 N–H and O–H groups in total. The fourth-order valence-electron chi connectivity index (χ4n) is 2.98. The van der Waals surface area contributed by atoms with Gasteiger partial charge in [-0.25, -0.2) is 4.98 Å². The van der Waals surface area contributed by atoms with Crippen LogP contribution in [-0.2, 0) is 0 Å². The molecule has 2 aromatic rings. The highest BCUT2D eigenvalue weighted by Gasteiger charge is 2.25. The Bertz CT molecular complexity index is 676. The molecule has 0 amide bonds. The summed E-state index contributed by atoms with van der Waals surface area (Å²) in [4.78, 5) is 11.0. The van der Waals surface area contributed by atoms with Crippen molar-refractivity contribution in [3.63, 3.8) is 0 Å². The molecule has 1 atom stereocenters. The van der Waals surface area contributed by atoms with E-state index in [0.717, 1.165) is 36.6 Å². The quantitative estimate of drug-likeness (QED) is 0.878. The first-order valence-corrected chi connectivity index (χ1v) is 7.84. The van der Waals surface area contributed by atoms with E-state index in [4.69, 9.17) is 5.73 Å². The second-order valence-corrected chi connectivity index (χ2v) is 6.13. The standard InChI is InChI=1S/C15H21N7/c1-17-11-4-5-21(9-11)14-6-13(19-15(16)20-14)10-7-18-22(8-10)12-2-3-12/h6-8,11-12,17H,2-5,9H2,1H3,(H2,16,19,20)/t11-/m1/s1. The Labute approximate surface area is 129 Å². The van der Waals surface area contributed by atoms with Crippen molar-refractivity contribution in [3.8, 4) is 11.3 Å². The van der Waals surface area contributed by atoms with Crippen LogP contribution in [0.5, 0.6) is 0 Å². The SMILES string of the molecule is CN[C@@H]1CCN(c2cc(-c3cnn(C4CC4)c3)nc(N)n2)C1. The molecular weight excluding hydrogens is 278 g/mol. The van der Waals surface area contributed by atoms with Gasteiger partial charge in [0.05, 0.1) is 17.9 Å². The van der Waals surface area contributed by atoms with E-state index in [1.54, 1.807) is 0 Å². The van der Waals surface area contributed by atoms with Crippen LogP contribution < -0.4 is 16.0 Å². The van der Waals surface area contributed by atoms with Gasteiger partial charge in [0, 0.05) is 37.0 Å². The van der Waals surface area contributed by atoms with Gasteiger partial charge < -0.3 is 16.0 Å². The molecule has 3 heterocycles. The Balaban J connectivity index is 1.62. The maximum Gasteiger partial charge on any atom is 0.222 e. The number of rotatable bonds is 4. The first-order chi connectivity index (χ1) is 10.7. The lowest BCUT2D eigenvalue weighted by Gasteiger charge is -2.18. The van der Waals surface area contributed by atoms with Gasteiger partial charge in [-0.15, -0.1) is 0 Å². The third-order valence-corrected chi connectivity index (χ3v) is 4.47. The van der Waals surface area contributed by atoms with Gasteiger partial charge >= 0.3 is 0 Å². The summed E-state index contributed by atoms with van der Waals surface area (Å²) in [7, 11) is 2.00. The van der Waals surface area contributed by atoms with Crippen LogP contribution in [0.3, 0.4) is 0 Å². The second-order valence-electron chi connectivity index (χ2n) is 6.13. The zero-order chi connectivity index (χ0) is 15.1. The molecule has 22 heavy (non-hydrogen) atoms. The largest absolute Gasteiger partial charge is 0.368 e. The highest BCUT2D eigenvalue weighted by atomic mass is 15.3. The first kappa shape index (κ1) is 13.5. The third kappa shape index (κ3) is 2.52. The molecule has 0 aromatic carbocycles. The topological polar surface area (TPSA) is 84.9 Å². The number of nitrogens with one attached hydrogen (secondary N) is 1. The van der Waals surface area contributed by atoms with Crippen LogP contribution in [0, 0.1) is 0 Å². The Hall–Kier alpha value is -2.15. The lowest BCUT2D eigenvalue weighted by molar-refractivity contribution is 0.616. The Morgan fingerprint density at radius 3 is 2.86 bits per heavy atom. The third-order valence-electron chi connectivity index (χ3n) is 4.47. The number of nitrogen functional groups attached to an aromatic ring is 1. The summed E-state index contributed by atoms with van der Waals surface area (Å²) >= 11 is 0. The van der Waals surface area contributed by atoms with Crippen molar-refractivity contribution in [1.29, 1.82) is 0 Å². The fourth-order valence-corrected chi connectivity index (χ4v) is 2.98. The maximum atomic E-state index is 5.92. The fraction of sp³-hybridized carbons (Fsp3) is 0.533. The maximum absolute atomic E-state index is 5.92. The van der Waals surface area contributed by atoms with Crippen LogP contribution >= 0.6 is 0 Å². The number of hydrogen-bond donors (Lipinski definition) is 2. The molecule has 0 unspecified atom stereocenters. The molecule has 116 valence electrons. The van der Waals surface area contributed by atoms with Gasteiger partial charge in [-0.2, -0.15) is 10.1 Å². The number of anilines is 2. The smallest absolute Gasteiger partial charge is 0.222 e. The molecule has 7 heteroatoms. The van der Waals surface area contributed by atoms with E-state index in [1.165, 1.54) is 12.8 Å². The van der Waals surface area contributed by atoms with Crippen molar-refractivity contribution in [2.45, 2.75) is 31.3 Å². The minimum Gasteiger partial charge on any atom is -0.368 e. The van der Waals surface area contributed by atoms with Gasteiger partial charge in [-0.3, -0.25) is 4.68 Å². The van der Waals surface area contributed by atoms with Crippen molar-refractivity contribution in [3.05, 3.63) is 18.5 Å². The van der Waals surface area contributed by atoms with E-state index in [0.29, 0.717) is 18.0 Å². The minimum absolute atomic E-state index is 0.319. The Kier molecular flexibility index (Phi) is 3.22. The minimum atomic E-state index is 0.319. The zero-order valence-corrected chi connectivity index (χ0v) is 12.7. The number of nitrogens with two attached hydrogens (primary N) is 1. The highest BCUT2D eigenvalue weighted by molar-refractivity contribution is 5.63. The van der Waals surface area contributed by atoms with Crippen LogP contribution in [0.25, 0.3) is 11.3 Å². The molecule has 1 aliphatic heterocycles. The average molecular weight is 299 g/mol. The number of nitrogens with zero attached hydrogens (tertiary/aromatic N) is 5. The predicted octanol–water partition coefficient (Wildman–Crippen LogP) is 1.06. The Morgan fingerprint density at radius 1 is 1.27 bits per heavy atom. The molecule has 1 saturated heterocycles. The van der Waals surface area contributed by atoms with Crippen molar-refractivity contribution < 1.29 is 0 Å². The van der Waals surface area contributed by atoms with E-state index < -0.39 is 0 Å². The molecule has 7 nitrogen and oxygen atoms in total. The van der Waals surface area contributed by atoms with E-state index in [1.807, 2.05) is 24.0 Å². The van der Waals surface area contributed by atoms with E-state index in [2.05, 4.69) is 31.5 Å². The molecule has 0 radical (unpaired) electrons. The highest BCUT2D eigenvalue weighted by Crippen LogP contribution is 2.35. The monoisotopic (exact) mass is 299 g/mol. The lowest BCUT2D eigenvalue weighted by Crippen LogP contribution is -2.30. The van der Waals surface area contributed by atoms with Crippen molar-refractivity contribution in [2.24, 2.45) is 0 Å². The van der Waals surface area contributed by atoms with Gasteiger partial charge in [0.15, 0.2) is 0 Å². The average Bonchev–Trinajstić information content (AvgIpc) is 3.07. The number of hydrogen-bond acceptors (Lipinski definition) is 6. The van der Waals surface area contributed by atoms with Gasteiger partial charge in [0.25, 0.3) is 0 Å². The van der Waals surface area contributed by atoms with Gasteiger partial charge in [0.2, 0.25) is 5.95 Å². The Morgan fingerprint density at radius 2 is 2.14 bits per heavy atom. The number of likely N-dealkylation sites (N-methyl/N-ethyl adjacent to an activating group) is 1. The summed E-state index contributed by atoms with van der Waals surface area (Å²) in [5.41, 5.74) is 7.77. The molecule has 1 aliphatic carbocycles. The van der Waals surface area contributed by atoms with Gasteiger partial charge in [-0.05, 0) is 26.3 Å². The summed E-state index contributed by atoms with van der Waals surface area (Å²) < 4.78 is 2.03.